The summed E-state index contributed by atoms with van der Waals surface area (Å²) in [6.07, 6.45) is 3.00. The first-order valence-electron chi connectivity index (χ1n) is 4.99. The van der Waals surface area contributed by atoms with E-state index in [2.05, 4.69) is 23.9 Å². The molecule has 0 aliphatic rings. The first-order chi connectivity index (χ1) is 6.15. The normalized spacial score (nSPS) is 15.1. The highest BCUT2D eigenvalue weighted by Gasteiger charge is 2.17. The van der Waals surface area contributed by atoms with Crippen LogP contribution in [0.5, 0.6) is 0 Å². The van der Waals surface area contributed by atoms with E-state index in [1.165, 1.54) is 7.11 Å². The summed E-state index contributed by atoms with van der Waals surface area (Å²) in [7, 11) is 1.43. The number of hydrogen-bond acceptors (Lipinski definition) is 3. The Labute approximate surface area is 80.8 Å². The summed E-state index contributed by atoms with van der Waals surface area (Å²) in [4.78, 5) is 11.2. The van der Waals surface area contributed by atoms with Crippen molar-refractivity contribution in [2.24, 2.45) is 0 Å². The van der Waals surface area contributed by atoms with Crippen molar-refractivity contribution in [1.82, 2.24) is 5.32 Å². The predicted molar refractivity (Wildman–Crippen MR) is 53.6 cm³/mol. The Morgan fingerprint density at radius 2 is 2.08 bits per heavy atom. The van der Waals surface area contributed by atoms with Gasteiger partial charge in [-0.3, -0.25) is 4.79 Å². The van der Waals surface area contributed by atoms with Crippen molar-refractivity contribution in [3.63, 3.8) is 0 Å². The zero-order chi connectivity index (χ0) is 10.3. The fourth-order valence-electron chi connectivity index (χ4n) is 1.35. The monoisotopic (exact) mass is 187 g/mol. The lowest BCUT2D eigenvalue weighted by atomic mass is 10.1. The smallest absolute Gasteiger partial charge is 0.322 e. The van der Waals surface area contributed by atoms with E-state index < -0.39 is 0 Å². The number of esters is 1. The van der Waals surface area contributed by atoms with Gasteiger partial charge in [0.25, 0.3) is 0 Å². The number of carbonyl (C=O) groups excluding carboxylic acids is 1. The van der Waals surface area contributed by atoms with Gasteiger partial charge in [0.15, 0.2) is 0 Å². The fraction of sp³-hybridized carbons (Fsp3) is 0.900. The lowest BCUT2D eigenvalue weighted by Crippen LogP contribution is -2.42. The van der Waals surface area contributed by atoms with E-state index >= 15 is 0 Å². The van der Waals surface area contributed by atoms with Crippen LogP contribution in [0.1, 0.15) is 40.0 Å². The summed E-state index contributed by atoms with van der Waals surface area (Å²) < 4.78 is 4.68. The highest BCUT2D eigenvalue weighted by Crippen LogP contribution is 2.00. The number of methoxy groups -OCH3 is 1. The predicted octanol–water partition coefficient (Wildman–Crippen LogP) is 1.72. The van der Waals surface area contributed by atoms with Crippen LogP contribution in [0.15, 0.2) is 0 Å². The summed E-state index contributed by atoms with van der Waals surface area (Å²) in [5.74, 6) is -0.162. The summed E-state index contributed by atoms with van der Waals surface area (Å²) in [5, 5.41) is 3.24. The Morgan fingerprint density at radius 3 is 2.46 bits per heavy atom. The van der Waals surface area contributed by atoms with E-state index in [1.807, 2.05) is 6.92 Å². The van der Waals surface area contributed by atoms with Crippen LogP contribution in [-0.2, 0) is 9.53 Å². The Hall–Kier alpha value is -0.570. The second-order valence-corrected chi connectivity index (χ2v) is 3.34. The van der Waals surface area contributed by atoms with Crippen LogP contribution in [0.25, 0.3) is 0 Å². The molecule has 0 aromatic heterocycles. The molecule has 0 fully saturated rings. The molecule has 0 aliphatic carbocycles. The molecule has 0 radical (unpaired) electrons. The Kier molecular flexibility index (Phi) is 6.59. The molecule has 0 rings (SSSR count). The topological polar surface area (TPSA) is 38.3 Å². The average molecular weight is 187 g/mol. The van der Waals surface area contributed by atoms with Gasteiger partial charge in [-0.1, -0.05) is 20.3 Å². The highest BCUT2D eigenvalue weighted by molar-refractivity contribution is 5.75. The average Bonchev–Trinajstić information content (AvgIpc) is 2.13. The zero-order valence-electron chi connectivity index (χ0n) is 9.09. The molecule has 13 heavy (non-hydrogen) atoms. The summed E-state index contributed by atoms with van der Waals surface area (Å²) in [6, 6.07) is 0.237. The first kappa shape index (κ1) is 12.4. The van der Waals surface area contributed by atoms with E-state index in [0.717, 1.165) is 19.3 Å². The molecule has 3 nitrogen and oxygen atoms in total. The molecule has 2 unspecified atom stereocenters. The Bertz CT molecular complexity index is 148. The minimum absolute atomic E-state index is 0.147. The van der Waals surface area contributed by atoms with Gasteiger partial charge in [-0.25, -0.2) is 0 Å². The standard InChI is InChI=1S/C10H21NO2/c1-5-7-8(3)11-9(6-2)10(12)13-4/h8-9,11H,5-7H2,1-4H3. The van der Waals surface area contributed by atoms with Gasteiger partial charge in [0.2, 0.25) is 0 Å². The van der Waals surface area contributed by atoms with E-state index in [9.17, 15) is 4.79 Å². The molecule has 2 atom stereocenters. The van der Waals surface area contributed by atoms with Crippen LogP contribution < -0.4 is 5.32 Å². The molecule has 0 aromatic rings. The third-order valence-corrected chi connectivity index (χ3v) is 2.10. The van der Waals surface area contributed by atoms with Crippen LogP contribution in [-0.4, -0.2) is 25.2 Å². The maximum atomic E-state index is 11.2. The highest BCUT2D eigenvalue weighted by atomic mass is 16.5. The lowest BCUT2D eigenvalue weighted by Gasteiger charge is -2.19. The van der Waals surface area contributed by atoms with Gasteiger partial charge in [-0.15, -0.1) is 0 Å². The third-order valence-electron chi connectivity index (χ3n) is 2.10. The minimum Gasteiger partial charge on any atom is -0.468 e. The van der Waals surface area contributed by atoms with Gasteiger partial charge in [0.05, 0.1) is 7.11 Å². The molecule has 0 bridgehead atoms. The second kappa shape index (κ2) is 6.89. The van der Waals surface area contributed by atoms with Gasteiger partial charge < -0.3 is 10.1 Å². The van der Waals surface area contributed by atoms with Crippen molar-refractivity contribution in [1.29, 1.82) is 0 Å². The number of nitrogens with one attached hydrogen (secondary N) is 1. The third kappa shape index (κ3) is 4.88. The van der Waals surface area contributed by atoms with E-state index in [-0.39, 0.29) is 12.0 Å². The number of hydrogen-bond donors (Lipinski definition) is 1. The maximum Gasteiger partial charge on any atom is 0.322 e. The van der Waals surface area contributed by atoms with Gasteiger partial charge in [-0.05, 0) is 19.8 Å². The number of rotatable bonds is 6. The summed E-state index contributed by atoms with van der Waals surface area (Å²) in [6.45, 7) is 6.21. The number of carbonyl (C=O) groups is 1. The molecule has 0 spiro atoms. The van der Waals surface area contributed by atoms with E-state index in [0.29, 0.717) is 6.04 Å². The second-order valence-electron chi connectivity index (χ2n) is 3.34. The lowest BCUT2D eigenvalue weighted by molar-refractivity contribution is -0.143. The molecule has 0 saturated carbocycles. The number of ether oxygens (including phenoxy) is 1. The molecule has 0 aliphatic heterocycles. The Balaban J connectivity index is 3.89. The first-order valence-corrected chi connectivity index (χ1v) is 4.99. The van der Waals surface area contributed by atoms with Gasteiger partial charge in [0, 0.05) is 6.04 Å². The largest absolute Gasteiger partial charge is 0.468 e. The van der Waals surface area contributed by atoms with Gasteiger partial charge >= 0.3 is 5.97 Å². The van der Waals surface area contributed by atoms with Crippen LogP contribution >= 0.6 is 0 Å². The molecule has 0 saturated heterocycles. The van der Waals surface area contributed by atoms with Crippen LogP contribution in [0.4, 0.5) is 0 Å². The van der Waals surface area contributed by atoms with E-state index in [1.54, 1.807) is 0 Å². The molecule has 0 heterocycles. The summed E-state index contributed by atoms with van der Waals surface area (Å²) in [5.41, 5.74) is 0. The molecule has 78 valence electrons. The van der Waals surface area contributed by atoms with Gasteiger partial charge in [-0.2, -0.15) is 0 Å². The zero-order valence-corrected chi connectivity index (χ0v) is 9.09. The van der Waals surface area contributed by atoms with Crippen molar-refractivity contribution in [2.45, 2.75) is 52.1 Å². The molecule has 0 aromatic carbocycles. The van der Waals surface area contributed by atoms with Gasteiger partial charge in [0.1, 0.15) is 6.04 Å². The van der Waals surface area contributed by atoms with E-state index in [4.69, 9.17) is 0 Å². The molecular weight excluding hydrogens is 166 g/mol. The van der Waals surface area contributed by atoms with Crippen molar-refractivity contribution in [2.75, 3.05) is 7.11 Å². The van der Waals surface area contributed by atoms with Crippen LogP contribution in [0, 0.1) is 0 Å². The summed E-state index contributed by atoms with van der Waals surface area (Å²) >= 11 is 0. The van der Waals surface area contributed by atoms with Crippen molar-refractivity contribution >= 4 is 5.97 Å². The van der Waals surface area contributed by atoms with Crippen molar-refractivity contribution in [3.8, 4) is 0 Å². The van der Waals surface area contributed by atoms with Crippen molar-refractivity contribution in [3.05, 3.63) is 0 Å². The van der Waals surface area contributed by atoms with Crippen molar-refractivity contribution < 1.29 is 9.53 Å². The fourth-order valence-corrected chi connectivity index (χ4v) is 1.35. The quantitative estimate of drug-likeness (QED) is 0.643. The molecule has 3 heteroatoms. The van der Waals surface area contributed by atoms with Crippen LogP contribution in [0.3, 0.4) is 0 Å². The van der Waals surface area contributed by atoms with Crippen LogP contribution in [0.2, 0.25) is 0 Å². The minimum atomic E-state index is -0.162. The maximum absolute atomic E-state index is 11.2. The Morgan fingerprint density at radius 1 is 1.46 bits per heavy atom. The molecule has 1 N–H and O–H groups in total. The molecule has 0 amide bonds. The molecular formula is C10H21NO2. The SMILES string of the molecule is CCCC(C)NC(CC)C(=O)OC.